The lowest BCUT2D eigenvalue weighted by atomic mass is 10.3. The van der Waals surface area contributed by atoms with Crippen molar-refractivity contribution in [3.05, 3.63) is 70.7 Å². The zero-order valence-corrected chi connectivity index (χ0v) is 13.5. The van der Waals surface area contributed by atoms with Crippen molar-refractivity contribution >= 4 is 40.5 Å². The molecule has 0 saturated heterocycles. The molecule has 7 heteroatoms. The van der Waals surface area contributed by atoms with Crippen LogP contribution in [0.15, 0.2) is 55.0 Å². The van der Waals surface area contributed by atoms with E-state index in [9.17, 15) is 0 Å². The average molecular weight is 346 g/mol. The third-order valence-corrected chi connectivity index (χ3v) is 3.69. The fourth-order valence-corrected chi connectivity index (χ4v) is 2.44. The van der Waals surface area contributed by atoms with E-state index in [1.807, 2.05) is 18.2 Å². The van der Waals surface area contributed by atoms with E-state index in [1.54, 1.807) is 30.5 Å². The fourth-order valence-electron chi connectivity index (χ4n) is 1.95. The van der Waals surface area contributed by atoms with Crippen LogP contribution in [-0.2, 0) is 6.54 Å². The Labute approximate surface area is 143 Å². The van der Waals surface area contributed by atoms with Gasteiger partial charge >= 0.3 is 0 Å². The van der Waals surface area contributed by atoms with E-state index in [1.165, 1.54) is 6.33 Å². The van der Waals surface area contributed by atoms with E-state index in [2.05, 4.69) is 25.6 Å². The number of anilines is 3. The van der Waals surface area contributed by atoms with Crippen LogP contribution in [0, 0.1) is 0 Å². The minimum Gasteiger partial charge on any atom is -0.364 e. The molecule has 23 heavy (non-hydrogen) atoms. The molecule has 0 unspecified atom stereocenters. The molecule has 2 N–H and O–H groups in total. The lowest BCUT2D eigenvalue weighted by molar-refractivity contribution is 1.02. The first-order valence-corrected chi connectivity index (χ1v) is 7.65. The summed E-state index contributed by atoms with van der Waals surface area (Å²) in [6.07, 6.45) is 3.22. The van der Waals surface area contributed by atoms with Crippen LogP contribution in [0.3, 0.4) is 0 Å². The molecule has 0 spiro atoms. The maximum atomic E-state index is 6.15. The molecule has 0 radical (unpaired) electrons. The Morgan fingerprint density at radius 3 is 2.39 bits per heavy atom. The number of rotatable bonds is 5. The van der Waals surface area contributed by atoms with Crippen molar-refractivity contribution in [1.82, 2.24) is 15.0 Å². The molecule has 116 valence electrons. The first-order valence-electron chi connectivity index (χ1n) is 6.89. The van der Waals surface area contributed by atoms with Crippen LogP contribution < -0.4 is 10.6 Å². The molecule has 2 heterocycles. The van der Waals surface area contributed by atoms with Gasteiger partial charge in [-0.15, -0.1) is 0 Å². The van der Waals surface area contributed by atoms with Crippen LogP contribution in [0.4, 0.5) is 17.3 Å². The van der Waals surface area contributed by atoms with E-state index in [4.69, 9.17) is 23.2 Å². The second-order valence-electron chi connectivity index (χ2n) is 4.68. The molecule has 0 bridgehead atoms. The van der Waals surface area contributed by atoms with Crippen molar-refractivity contribution in [3.63, 3.8) is 0 Å². The Bertz CT molecular complexity index is 775. The zero-order chi connectivity index (χ0) is 16.1. The van der Waals surface area contributed by atoms with Gasteiger partial charge in [0, 0.05) is 12.3 Å². The van der Waals surface area contributed by atoms with Crippen molar-refractivity contribution in [2.24, 2.45) is 0 Å². The van der Waals surface area contributed by atoms with Crippen LogP contribution in [0.2, 0.25) is 10.0 Å². The summed E-state index contributed by atoms with van der Waals surface area (Å²) >= 11 is 12.3. The molecule has 0 aliphatic rings. The summed E-state index contributed by atoms with van der Waals surface area (Å²) in [6, 6.07) is 12.9. The largest absolute Gasteiger partial charge is 0.364 e. The number of hydrogen-bond donors (Lipinski definition) is 2. The number of benzene rings is 1. The number of nitrogens with one attached hydrogen (secondary N) is 2. The van der Waals surface area contributed by atoms with Gasteiger partial charge < -0.3 is 10.6 Å². The standard InChI is InChI=1S/C16H13Cl2N5/c17-12-5-3-6-13(18)16(12)23-15-8-14(21-10-22-15)20-9-11-4-1-2-7-19-11/h1-8,10H,9H2,(H2,20,21,22,23). The predicted octanol–water partition coefficient (Wildman–Crippen LogP) is 4.53. The Morgan fingerprint density at radius 2 is 1.65 bits per heavy atom. The molecule has 3 rings (SSSR count). The monoisotopic (exact) mass is 345 g/mol. The van der Waals surface area contributed by atoms with Crippen molar-refractivity contribution < 1.29 is 0 Å². The molecule has 0 amide bonds. The maximum absolute atomic E-state index is 6.15. The minimum absolute atomic E-state index is 0.527. The van der Waals surface area contributed by atoms with Crippen molar-refractivity contribution in [2.75, 3.05) is 10.6 Å². The van der Waals surface area contributed by atoms with Gasteiger partial charge in [0.15, 0.2) is 0 Å². The van der Waals surface area contributed by atoms with Crippen LogP contribution in [0.5, 0.6) is 0 Å². The van der Waals surface area contributed by atoms with Gasteiger partial charge in [0.05, 0.1) is 28.0 Å². The first kappa shape index (κ1) is 15.5. The number of aromatic nitrogens is 3. The lowest BCUT2D eigenvalue weighted by Crippen LogP contribution is -2.04. The van der Waals surface area contributed by atoms with E-state index in [0.29, 0.717) is 33.9 Å². The summed E-state index contributed by atoms with van der Waals surface area (Å²) in [5.41, 5.74) is 1.54. The van der Waals surface area contributed by atoms with Gasteiger partial charge in [0.1, 0.15) is 18.0 Å². The lowest BCUT2D eigenvalue weighted by Gasteiger charge is -2.11. The molecule has 0 aliphatic heterocycles. The normalized spacial score (nSPS) is 10.3. The number of para-hydroxylation sites is 1. The highest BCUT2D eigenvalue weighted by Gasteiger charge is 2.07. The molecule has 0 saturated carbocycles. The zero-order valence-electron chi connectivity index (χ0n) is 12.0. The van der Waals surface area contributed by atoms with Gasteiger partial charge in [-0.2, -0.15) is 0 Å². The fraction of sp³-hybridized carbons (Fsp3) is 0.0625. The van der Waals surface area contributed by atoms with Crippen molar-refractivity contribution in [3.8, 4) is 0 Å². The predicted molar refractivity (Wildman–Crippen MR) is 93.3 cm³/mol. The summed E-state index contributed by atoms with van der Waals surface area (Å²) in [7, 11) is 0. The Morgan fingerprint density at radius 1 is 0.870 bits per heavy atom. The van der Waals surface area contributed by atoms with Gasteiger partial charge in [0.25, 0.3) is 0 Å². The molecule has 3 aromatic rings. The smallest absolute Gasteiger partial charge is 0.135 e. The van der Waals surface area contributed by atoms with Crippen LogP contribution >= 0.6 is 23.2 Å². The van der Waals surface area contributed by atoms with Crippen LogP contribution in [0.1, 0.15) is 5.69 Å². The second-order valence-corrected chi connectivity index (χ2v) is 5.50. The van der Waals surface area contributed by atoms with E-state index in [0.717, 1.165) is 5.69 Å². The Kier molecular flexibility index (Phi) is 4.90. The molecule has 0 fully saturated rings. The van der Waals surface area contributed by atoms with E-state index < -0.39 is 0 Å². The Hall–Kier alpha value is -2.37. The van der Waals surface area contributed by atoms with Gasteiger partial charge in [-0.05, 0) is 24.3 Å². The summed E-state index contributed by atoms with van der Waals surface area (Å²) in [4.78, 5) is 12.6. The van der Waals surface area contributed by atoms with Crippen molar-refractivity contribution in [1.29, 1.82) is 0 Å². The third kappa shape index (κ3) is 4.09. The van der Waals surface area contributed by atoms with Crippen LogP contribution in [0.25, 0.3) is 0 Å². The van der Waals surface area contributed by atoms with Gasteiger partial charge in [-0.1, -0.05) is 35.3 Å². The topological polar surface area (TPSA) is 62.7 Å². The maximum Gasteiger partial charge on any atom is 0.135 e. The first-order chi connectivity index (χ1) is 11.2. The quantitative estimate of drug-likeness (QED) is 0.710. The highest BCUT2D eigenvalue weighted by Crippen LogP contribution is 2.32. The Balaban J connectivity index is 1.72. The van der Waals surface area contributed by atoms with Crippen molar-refractivity contribution in [2.45, 2.75) is 6.54 Å². The molecule has 1 aromatic carbocycles. The number of nitrogens with zero attached hydrogens (tertiary/aromatic N) is 3. The van der Waals surface area contributed by atoms with E-state index >= 15 is 0 Å². The average Bonchev–Trinajstić information content (AvgIpc) is 2.58. The second kappa shape index (κ2) is 7.26. The molecule has 5 nitrogen and oxygen atoms in total. The molecule has 0 aliphatic carbocycles. The molecular weight excluding hydrogens is 333 g/mol. The van der Waals surface area contributed by atoms with Gasteiger partial charge in [-0.3, -0.25) is 4.98 Å². The summed E-state index contributed by atoms with van der Waals surface area (Å²) in [5.74, 6) is 1.27. The third-order valence-electron chi connectivity index (χ3n) is 3.06. The van der Waals surface area contributed by atoms with Crippen LogP contribution in [-0.4, -0.2) is 15.0 Å². The van der Waals surface area contributed by atoms with Gasteiger partial charge in [-0.25, -0.2) is 9.97 Å². The summed E-state index contributed by atoms with van der Waals surface area (Å²) in [5, 5.41) is 7.36. The molecule has 2 aromatic heterocycles. The number of pyridine rings is 1. The molecule has 0 atom stereocenters. The summed E-state index contributed by atoms with van der Waals surface area (Å²) < 4.78 is 0. The highest BCUT2D eigenvalue weighted by atomic mass is 35.5. The molecular formula is C16H13Cl2N5. The minimum atomic E-state index is 0.527. The highest BCUT2D eigenvalue weighted by molar-refractivity contribution is 6.39. The van der Waals surface area contributed by atoms with Gasteiger partial charge in [0.2, 0.25) is 0 Å². The van der Waals surface area contributed by atoms with E-state index in [-0.39, 0.29) is 0 Å². The number of hydrogen-bond acceptors (Lipinski definition) is 5. The number of halogens is 2. The SMILES string of the molecule is Clc1cccc(Cl)c1Nc1cc(NCc2ccccn2)ncn1. The summed E-state index contributed by atoms with van der Waals surface area (Å²) in [6.45, 7) is 0.574.